The molecule has 0 spiro atoms. The van der Waals surface area contributed by atoms with Crippen LogP contribution in [0.2, 0.25) is 0 Å². The van der Waals surface area contributed by atoms with Crippen LogP contribution in [0, 0.1) is 0 Å². The van der Waals surface area contributed by atoms with Crippen LogP contribution < -0.4 is 4.74 Å². The molecule has 0 unspecified atom stereocenters. The molecule has 0 fully saturated rings. The minimum atomic E-state index is -0.116. The summed E-state index contributed by atoms with van der Waals surface area (Å²) in [7, 11) is 1.61. The van der Waals surface area contributed by atoms with E-state index in [0.29, 0.717) is 17.0 Å². The molecule has 0 heterocycles. The first kappa shape index (κ1) is 17.1. The molecular weight excluding hydrogens is 378 g/mol. The zero-order valence-corrected chi connectivity index (χ0v) is 15.2. The number of hydrogen-bond acceptors (Lipinski definition) is 3. The normalized spacial score (nSPS) is 11.2. The summed E-state index contributed by atoms with van der Waals surface area (Å²) < 4.78 is 5.98. The lowest BCUT2D eigenvalue weighted by molar-refractivity contribution is 0.106. The molecular formula is C21H16BrNO2. The Morgan fingerprint density at radius 1 is 0.880 bits per heavy atom. The predicted octanol–water partition coefficient (Wildman–Crippen LogP) is 5.46. The fourth-order valence-electron chi connectivity index (χ4n) is 2.39. The van der Waals surface area contributed by atoms with E-state index in [1.54, 1.807) is 19.2 Å². The summed E-state index contributed by atoms with van der Waals surface area (Å²) in [5, 5.41) is 0. The monoisotopic (exact) mass is 393 g/mol. The van der Waals surface area contributed by atoms with E-state index in [-0.39, 0.29) is 5.78 Å². The third-order valence-corrected chi connectivity index (χ3v) is 4.32. The summed E-state index contributed by atoms with van der Waals surface area (Å²) in [5.74, 6) is 0.607. The lowest BCUT2D eigenvalue weighted by atomic mass is 10.0. The Kier molecular flexibility index (Phi) is 5.41. The van der Waals surface area contributed by atoms with Crippen molar-refractivity contribution in [2.45, 2.75) is 0 Å². The molecule has 0 aromatic heterocycles. The standard InChI is InChI=1S/C21H16BrNO2/c1-25-17-12-13-19(18(22)14-17)23-20(15-8-4-2-5-9-15)21(24)16-10-6-3-7-11-16/h2-14H,1H3. The molecule has 4 heteroatoms. The first-order valence-electron chi connectivity index (χ1n) is 7.76. The van der Waals surface area contributed by atoms with Crippen LogP contribution in [0.15, 0.2) is 88.3 Å². The van der Waals surface area contributed by atoms with Crippen LogP contribution in [0.4, 0.5) is 5.69 Å². The van der Waals surface area contributed by atoms with E-state index in [2.05, 4.69) is 20.9 Å². The van der Waals surface area contributed by atoms with Crippen LogP contribution in [0.1, 0.15) is 15.9 Å². The number of rotatable bonds is 5. The van der Waals surface area contributed by atoms with Crippen LogP contribution in [0.3, 0.4) is 0 Å². The Hall–Kier alpha value is -2.72. The van der Waals surface area contributed by atoms with Gasteiger partial charge in [0.25, 0.3) is 0 Å². The molecule has 3 aromatic rings. The van der Waals surface area contributed by atoms with E-state index >= 15 is 0 Å². The van der Waals surface area contributed by atoms with Gasteiger partial charge in [-0.1, -0.05) is 60.7 Å². The quantitative estimate of drug-likeness (QED) is 0.426. The van der Waals surface area contributed by atoms with Crippen molar-refractivity contribution in [3.63, 3.8) is 0 Å². The van der Waals surface area contributed by atoms with Crippen LogP contribution in [-0.4, -0.2) is 18.6 Å². The van der Waals surface area contributed by atoms with Crippen LogP contribution in [0.25, 0.3) is 0 Å². The van der Waals surface area contributed by atoms with Gasteiger partial charge in [-0.25, -0.2) is 4.99 Å². The summed E-state index contributed by atoms with van der Waals surface area (Å²) in [5.41, 5.74) is 2.45. The second-order valence-corrected chi connectivity index (χ2v) is 6.19. The molecule has 0 aliphatic heterocycles. The van der Waals surface area contributed by atoms with E-state index < -0.39 is 0 Å². The smallest absolute Gasteiger partial charge is 0.211 e. The summed E-state index contributed by atoms with van der Waals surface area (Å²) in [6.45, 7) is 0. The first-order valence-corrected chi connectivity index (χ1v) is 8.56. The van der Waals surface area contributed by atoms with Gasteiger partial charge >= 0.3 is 0 Å². The molecule has 124 valence electrons. The number of carbonyl (C=O) groups excluding carboxylic acids is 1. The van der Waals surface area contributed by atoms with Gasteiger partial charge in [0.05, 0.1) is 12.8 Å². The zero-order chi connectivity index (χ0) is 17.6. The minimum Gasteiger partial charge on any atom is -0.497 e. The first-order chi connectivity index (χ1) is 12.2. The van der Waals surface area contributed by atoms with E-state index in [4.69, 9.17) is 4.74 Å². The number of nitrogens with zero attached hydrogens (tertiary/aromatic N) is 1. The summed E-state index contributed by atoms with van der Waals surface area (Å²) in [6.07, 6.45) is 0. The van der Waals surface area contributed by atoms with Gasteiger partial charge in [0.1, 0.15) is 11.5 Å². The van der Waals surface area contributed by atoms with E-state index in [1.807, 2.05) is 66.7 Å². The highest BCUT2D eigenvalue weighted by atomic mass is 79.9. The lowest BCUT2D eigenvalue weighted by Gasteiger charge is -2.08. The third-order valence-electron chi connectivity index (χ3n) is 3.69. The second-order valence-electron chi connectivity index (χ2n) is 5.34. The van der Waals surface area contributed by atoms with Crippen LogP contribution in [0.5, 0.6) is 5.75 Å². The van der Waals surface area contributed by atoms with Gasteiger partial charge in [-0.2, -0.15) is 0 Å². The van der Waals surface area contributed by atoms with Gasteiger partial charge in [0, 0.05) is 15.6 Å². The molecule has 3 rings (SSSR count). The maximum atomic E-state index is 13.0. The van der Waals surface area contributed by atoms with Crippen LogP contribution in [-0.2, 0) is 0 Å². The van der Waals surface area contributed by atoms with Gasteiger partial charge in [-0.3, -0.25) is 4.79 Å². The highest BCUT2D eigenvalue weighted by Gasteiger charge is 2.17. The topological polar surface area (TPSA) is 38.7 Å². The Morgan fingerprint density at radius 2 is 1.48 bits per heavy atom. The molecule has 0 saturated carbocycles. The SMILES string of the molecule is COc1ccc(N=C(C(=O)c2ccccc2)c2ccccc2)c(Br)c1. The fourth-order valence-corrected chi connectivity index (χ4v) is 2.84. The highest BCUT2D eigenvalue weighted by molar-refractivity contribution is 9.10. The van der Waals surface area contributed by atoms with Gasteiger partial charge in [0.15, 0.2) is 0 Å². The molecule has 0 aliphatic carbocycles. The van der Waals surface area contributed by atoms with Gasteiger partial charge in [-0.05, 0) is 34.1 Å². The number of ether oxygens (including phenoxy) is 1. The molecule has 0 amide bonds. The van der Waals surface area contributed by atoms with Crippen molar-refractivity contribution < 1.29 is 9.53 Å². The number of methoxy groups -OCH3 is 1. The third kappa shape index (κ3) is 4.03. The number of halogens is 1. The van der Waals surface area contributed by atoms with Gasteiger partial charge < -0.3 is 4.74 Å². The zero-order valence-electron chi connectivity index (χ0n) is 13.6. The number of carbonyl (C=O) groups is 1. The average Bonchev–Trinajstić information content (AvgIpc) is 2.68. The number of aliphatic imine (C=N–C) groups is 1. The molecule has 0 N–H and O–H groups in total. The number of ketones is 1. The molecule has 0 saturated heterocycles. The van der Waals surface area contributed by atoms with Crippen molar-refractivity contribution in [2.24, 2.45) is 4.99 Å². The van der Waals surface area contributed by atoms with E-state index in [9.17, 15) is 4.79 Å². The summed E-state index contributed by atoms with van der Waals surface area (Å²) in [6, 6.07) is 24.1. The number of benzene rings is 3. The molecule has 3 aromatic carbocycles. The predicted molar refractivity (Wildman–Crippen MR) is 104 cm³/mol. The average molecular weight is 394 g/mol. The molecule has 0 atom stereocenters. The molecule has 25 heavy (non-hydrogen) atoms. The Bertz CT molecular complexity index is 906. The number of hydrogen-bond donors (Lipinski definition) is 0. The summed E-state index contributed by atoms with van der Waals surface area (Å²) in [4.78, 5) is 17.7. The van der Waals surface area contributed by atoms with Crippen molar-refractivity contribution in [3.05, 3.63) is 94.5 Å². The maximum absolute atomic E-state index is 13.0. The molecule has 3 nitrogen and oxygen atoms in total. The lowest BCUT2D eigenvalue weighted by Crippen LogP contribution is -2.15. The Labute approximate surface area is 155 Å². The maximum Gasteiger partial charge on any atom is 0.211 e. The molecule has 0 radical (unpaired) electrons. The number of Topliss-reactive ketones (excluding diaryl/α,β-unsaturated/α-hetero) is 1. The van der Waals surface area contributed by atoms with Crippen molar-refractivity contribution >= 4 is 33.1 Å². The minimum absolute atomic E-state index is 0.116. The Balaban J connectivity index is 2.10. The van der Waals surface area contributed by atoms with Gasteiger partial charge in [-0.15, -0.1) is 0 Å². The fraction of sp³-hybridized carbons (Fsp3) is 0.0476. The van der Waals surface area contributed by atoms with Crippen molar-refractivity contribution in [2.75, 3.05) is 7.11 Å². The van der Waals surface area contributed by atoms with Crippen LogP contribution >= 0.6 is 15.9 Å². The highest BCUT2D eigenvalue weighted by Crippen LogP contribution is 2.30. The van der Waals surface area contributed by atoms with Gasteiger partial charge in [0.2, 0.25) is 5.78 Å². The van der Waals surface area contributed by atoms with E-state index in [1.165, 1.54) is 0 Å². The second kappa shape index (κ2) is 7.90. The largest absolute Gasteiger partial charge is 0.497 e. The van der Waals surface area contributed by atoms with Crippen molar-refractivity contribution in [3.8, 4) is 5.75 Å². The van der Waals surface area contributed by atoms with E-state index in [0.717, 1.165) is 15.8 Å². The molecule has 0 bridgehead atoms. The Morgan fingerprint density at radius 3 is 2.04 bits per heavy atom. The summed E-state index contributed by atoms with van der Waals surface area (Å²) >= 11 is 3.50. The van der Waals surface area contributed by atoms with Crippen molar-refractivity contribution in [1.82, 2.24) is 0 Å². The van der Waals surface area contributed by atoms with Crippen molar-refractivity contribution in [1.29, 1.82) is 0 Å². The molecule has 0 aliphatic rings.